The van der Waals surface area contributed by atoms with Gasteiger partial charge < -0.3 is 5.32 Å². The summed E-state index contributed by atoms with van der Waals surface area (Å²) in [5.41, 5.74) is 5.22. The Morgan fingerprint density at radius 3 is 2.33 bits per heavy atom. The number of hydrogen-bond acceptors (Lipinski definition) is 5. The molecule has 0 bridgehead atoms. The molecule has 6 nitrogen and oxygen atoms in total. The third-order valence-corrected chi connectivity index (χ3v) is 6.10. The number of tetrazole rings is 1. The van der Waals surface area contributed by atoms with Gasteiger partial charge in [0.1, 0.15) is 0 Å². The molecule has 0 aliphatic carbocycles. The summed E-state index contributed by atoms with van der Waals surface area (Å²) in [6.07, 6.45) is 0. The number of thioether (sulfide) groups is 1. The fourth-order valence-electron chi connectivity index (χ4n) is 3.19. The molecule has 0 unspecified atom stereocenters. The van der Waals surface area contributed by atoms with Crippen LogP contribution in [-0.2, 0) is 4.79 Å². The number of nitrogens with one attached hydrogen (secondary N) is 1. The monoisotopic (exact) mass is 423 g/mol. The van der Waals surface area contributed by atoms with Gasteiger partial charge in [-0.15, -0.1) is 5.10 Å². The maximum absolute atomic E-state index is 12.9. The second kappa shape index (κ2) is 9.43. The summed E-state index contributed by atoms with van der Waals surface area (Å²) in [7, 11) is 0. The molecule has 1 aromatic heterocycles. The molecule has 1 heterocycles. The zero-order valence-electron chi connectivity index (χ0n) is 18.4. The summed E-state index contributed by atoms with van der Waals surface area (Å²) in [5.74, 6) is 0.716. The summed E-state index contributed by atoms with van der Waals surface area (Å²) in [6.45, 7) is 12.5. The summed E-state index contributed by atoms with van der Waals surface area (Å²) in [6, 6.07) is 14.3. The van der Waals surface area contributed by atoms with Crippen molar-refractivity contribution in [1.82, 2.24) is 20.2 Å². The normalized spacial score (nSPS) is 12.4. The second-order valence-corrected chi connectivity index (χ2v) is 9.37. The summed E-state index contributed by atoms with van der Waals surface area (Å²) >= 11 is 1.34. The van der Waals surface area contributed by atoms with Crippen molar-refractivity contribution < 1.29 is 4.79 Å². The average molecular weight is 424 g/mol. The lowest BCUT2D eigenvalue weighted by molar-refractivity contribution is -0.115. The highest BCUT2D eigenvalue weighted by Crippen LogP contribution is 2.29. The number of aryl methyl sites for hydroxylation is 1. The Bertz CT molecular complexity index is 1010. The van der Waals surface area contributed by atoms with E-state index in [0.29, 0.717) is 17.0 Å². The number of nitrogens with zero attached hydrogens (tertiary/aromatic N) is 4. The van der Waals surface area contributed by atoms with Crippen molar-refractivity contribution in [3.8, 4) is 5.69 Å². The molecule has 158 valence electrons. The average Bonchev–Trinajstić information content (AvgIpc) is 3.17. The molecule has 0 saturated heterocycles. The topological polar surface area (TPSA) is 72.7 Å². The number of rotatable bonds is 7. The summed E-state index contributed by atoms with van der Waals surface area (Å²) in [4.78, 5) is 12.9. The number of benzene rings is 2. The smallest absolute Gasteiger partial charge is 0.237 e. The number of carbonyl (C=O) groups excluding carboxylic acids is 1. The highest BCUT2D eigenvalue weighted by Gasteiger charge is 2.21. The lowest BCUT2D eigenvalue weighted by atomic mass is 9.98. The van der Waals surface area contributed by atoms with Crippen LogP contribution in [0.3, 0.4) is 0 Å². The molecular formula is C23H29N5OS. The molecule has 7 heteroatoms. The molecule has 3 aromatic rings. The number of para-hydroxylation sites is 1. The van der Waals surface area contributed by atoms with Gasteiger partial charge in [-0.05, 0) is 64.9 Å². The minimum absolute atomic E-state index is 0.0686. The van der Waals surface area contributed by atoms with Crippen molar-refractivity contribution in [2.45, 2.75) is 63.8 Å². The van der Waals surface area contributed by atoms with Crippen LogP contribution < -0.4 is 5.32 Å². The SMILES string of the molecule is Cc1cccc(C(C)C)c1NC(=O)[C@H](C)Sc1nnnn1-c1ccc(C(C)C)cc1. The van der Waals surface area contributed by atoms with Gasteiger partial charge in [0.25, 0.3) is 0 Å². The first-order valence-electron chi connectivity index (χ1n) is 10.2. The van der Waals surface area contributed by atoms with Crippen LogP contribution in [0, 0.1) is 6.92 Å². The third-order valence-electron chi connectivity index (χ3n) is 5.07. The van der Waals surface area contributed by atoms with Gasteiger partial charge in [0.2, 0.25) is 11.1 Å². The van der Waals surface area contributed by atoms with Gasteiger partial charge in [-0.2, -0.15) is 4.68 Å². The fraction of sp³-hybridized carbons (Fsp3) is 0.391. The van der Waals surface area contributed by atoms with E-state index in [1.165, 1.54) is 17.3 Å². The molecule has 0 aliphatic rings. The standard InChI is InChI=1S/C23H29N5OS/c1-14(2)18-10-12-19(13-11-18)28-23(25-26-27-28)30-17(6)22(29)24-21-16(5)8-7-9-20(21)15(3)4/h7-15,17H,1-6H3,(H,24,29)/t17-/m0/s1. The van der Waals surface area contributed by atoms with E-state index in [-0.39, 0.29) is 11.2 Å². The largest absolute Gasteiger partial charge is 0.325 e. The van der Waals surface area contributed by atoms with Crippen LogP contribution in [0.1, 0.15) is 63.1 Å². The zero-order chi connectivity index (χ0) is 21.8. The van der Waals surface area contributed by atoms with Crippen molar-refractivity contribution in [1.29, 1.82) is 0 Å². The number of carbonyl (C=O) groups is 1. The quantitative estimate of drug-likeness (QED) is 0.520. The second-order valence-electron chi connectivity index (χ2n) is 8.06. The fourth-order valence-corrected chi connectivity index (χ4v) is 4.00. The van der Waals surface area contributed by atoms with E-state index in [4.69, 9.17) is 0 Å². The highest BCUT2D eigenvalue weighted by atomic mass is 32.2. The van der Waals surface area contributed by atoms with Crippen LogP contribution >= 0.6 is 11.8 Å². The van der Waals surface area contributed by atoms with Crippen LogP contribution in [-0.4, -0.2) is 31.4 Å². The summed E-state index contributed by atoms with van der Waals surface area (Å²) in [5, 5.41) is 15.4. The number of aromatic nitrogens is 4. The predicted molar refractivity (Wildman–Crippen MR) is 122 cm³/mol. The first-order chi connectivity index (χ1) is 14.3. The molecule has 0 radical (unpaired) electrons. The van der Waals surface area contributed by atoms with E-state index in [0.717, 1.165) is 22.5 Å². The van der Waals surface area contributed by atoms with Gasteiger partial charge in [0.05, 0.1) is 10.9 Å². The molecule has 1 N–H and O–H groups in total. The molecule has 2 aromatic carbocycles. The van der Waals surface area contributed by atoms with Crippen LogP contribution in [0.4, 0.5) is 5.69 Å². The van der Waals surface area contributed by atoms with Crippen molar-refractivity contribution in [3.05, 3.63) is 59.2 Å². The van der Waals surface area contributed by atoms with Crippen molar-refractivity contribution in [2.75, 3.05) is 5.32 Å². The first kappa shape index (κ1) is 22.0. The maximum atomic E-state index is 12.9. The Hall–Kier alpha value is -2.67. The highest BCUT2D eigenvalue weighted by molar-refractivity contribution is 8.00. The van der Waals surface area contributed by atoms with E-state index in [9.17, 15) is 4.79 Å². The first-order valence-corrected chi connectivity index (χ1v) is 11.1. The molecular weight excluding hydrogens is 394 g/mol. The van der Waals surface area contributed by atoms with Crippen molar-refractivity contribution in [3.63, 3.8) is 0 Å². The Labute approximate surface area is 182 Å². The van der Waals surface area contributed by atoms with E-state index in [1.54, 1.807) is 4.68 Å². The molecule has 0 saturated carbocycles. The van der Waals surface area contributed by atoms with Gasteiger partial charge in [0.15, 0.2) is 0 Å². The van der Waals surface area contributed by atoms with Gasteiger partial charge in [0, 0.05) is 5.69 Å². The Balaban J connectivity index is 1.75. The van der Waals surface area contributed by atoms with Crippen molar-refractivity contribution in [2.24, 2.45) is 0 Å². The zero-order valence-corrected chi connectivity index (χ0v) is 19.2. The lowest BCUT2D eigenvalue weighted by Crippen LogP contribution is -2.24. The lowest BCUT2D eigenvalue weighted by Gasteiger charge is -2.18. The van der Waals surface area contributed by atoms with E-state index < -0.39 is 0 Å². The molecule has 0 spiro atoms. The van der Waals surface area contributed by atoms with Crippen LogP contribution in [0.15, 0.2) is 47.6 Å². The molecule has 1 amide bonds. The van der Waals surface area contributed by atoms with Gasteiger partial charge >= 0.3 is 0 Å². The van der Waals surface area contributed by atoms with Crippen LogP contribution in [0.25, 0.3) is 5.69 Å². The molecule has 3 rings (SSSR count). The third kappa shape index (κ3) is 4.90. The van der Waals surface area contributed by atoms with Gasteiger partial charge in [-0.3, -0.25) is 4.79 Å². The molecule has 30 heavy (non-hydrogen) atoms. The minimum Gasteiger partial charge on any atom is -0.325 e. The number of hydrogen-bond donors (Lipinski definition) is 1. The number of amides is 1. The number of anilines is 1. The van der Waals surface area contributed by atoms with E-state index >= 15 is 0 Å². The molecule has 1 atom stereocenters. The molecule has 0 fully saturated rings. The summed E-state index contributed by atoms with van der Waals surface area (Å²) < 4.78 is 1.67. The van der Waals surface area contributed by atoms with Crippen LogP contribution in [0.2, 0.25) is 0 Å². The Kier molecular flexibility index (Phi) is 6.92. The molecule has 0 aliphatic heterocycles. The Morgan fingerprint density at radius 1 is 1.00 bits per heavy atom. The van der Waals surface area contributed by atoms with E-state index in [1.807, 2.05) is 38.1 Å². The maximum Gasteiger partial charge on any atom is 0.237 e. The van der Waals surface area contributed by atoms with Gasteiger partial charge in [-0.25, -0.2) is 0 Å². The Morgan fingerprint density at radius 2 is 1.70 bits per heavy atom. The minimum atomic E-state index is -0.357. The van der Waals surface area contributed by atoms with Crippen molar-refractivity contribution >= 4 is 23.4 Å². The van der Waals surface area contributed by atoms with Gasteiger partial charge in [-0.1, -0.05) is 69.8 Å². The van der Waals surface area contributed by atoms with E-state index in [2.05, 4.69) is 66.7 Å². The predicted octanol–water partition coefficient (Wildman–Crippen LogP) is 5.34. The van der Waals surface area contributed by atoms with Crippen LogP contribution in [0.5, 0.6) is 0 Å².